The summed E-state index contributed by atoms with van der Waals surface area (Å²) < 4.78 is 4.87. The Morgan fingerprint density at radius 1 is 1.07 bits per heavy atom. The van der Waals surface area contributed by atoms with Gasteiger partial charge in [0.05, 0.1) is 13.2 Å². The van der Waals surface area contributed by atoms with E-state index in [2.05, 4.69) is 0 Å². The lowest BCUT2D eigenvalue weighted by Gasteiger charge is -2.10. The molecule has 5 nitrogen and oxygen atoms in total. The molecule has 15 heavy (non-hydrogen) atoms. The van der Waals surface area contributed by atoms with Crippen molar-refractivity contribution in [1.29, 1.82) is 0 Å². The highest BCUT2D eigenvalue weighted by Crippen LogP contribution is 1.83. The summed E-state index contributed by atoms with van der Waals surface area (Å²) in [7, 11) is 7.78. The van der Waals surface area contributed by atoms with Crippen molar-refractivity contribution in [3.8, 4) is 0 Å². The Morgan fingerprint density at radius 3 is 1.73 bits per heavy atom. The summed E-state index contributed by atoms with van der Waals surface area (Å²) in [6, 6.07) is 0. The molecule has 0 aromatic carbocycles. The molecule has 0 saturated carbocycles. The molecule has 0 spiro atoms. The van der Waals surface area contributed by atoms with E-state index in [0.29, 0.717) is 6.61 Å². The van der Waals surface area contributed by atoms with Crippen LogP contribution in [0.25, 0.3) is 0 Å². The number of hydrogen-bond donors (Lipinski definition) is 2. The van der Waals surface area contributed by atoms with Crippen LogP contribution in [0.2, 0.25) is 0 Å². The summed E-state index contributed by atoms with van der Waals surface area (Å²) in [5, 5.41) is 16.8. The molecule has 0 amide bonds. The smallest absolute Gasteiger partial charge is 0.151 e. The third-order valence-corrected chi connectivity index (χ3v) is 1.44. The highest BCUT2D eigenvalue weighted by atomic mass is 16.6. The van der Waals surface area contributed by atoms with E-state index in [1.165, 1.54) is 0 Å². The molecule has 0 bridgehead atoms. The van der Waals surface area contributed by atoms with Gasteiger partial charge in [-0.1, -0.05) is 0 Å². The quantitative estimate of drug-likeness (QED) is 0.590. The SMILES string of the molecule is CC(O)OCCN(C)C.CN(C)CCO. The fraction of sp³-hybridized carbons (Fsp3) is 1.00. The van der Waals surface area contributed by atoms with Crippen LogP contribution in [0.15, 0.2) is 0 Å². The molecule has 0 aromatic heterocycles. The molecular formula is C10H26N2O3. The van der Waals surface area contributed by atoms with Gasteiger partial charge in [0.15, 0.2) is 6.29 Å². The van der Waals surface area contributed by atoms with Gasteiger partial charge >= 0.3 is 0 Å². The number of aliphatic hydroxyl groups is 2. The minimum absolute atomic E-state index is 0.257. The first-order valence-corrected chi connectivity index (χ1v) is 5.10. The normalized spacial score (nSPS) is 12.6. The van der Waals surface area contributed by atoms with Gasteiger partial charge in [-0.2, -0.15) is 0 Å². The highest BCUT2D eigenvalue weighted by molar-refractivity contribution is 4.39. The number of hydrogen-bond acceptors (Lipinski definition) is 5. The molecule has 0 rings (SSSR count). The maximum atomic E-state index is 8.62. The summed E-state index contributed by atoms with van der Waals surface area (Å²) in [6.07, 6.45) is -0.634. The molecule has 0 fully saturated rings. The van der Waals surface area contributed by atoms with Crippen molar-refractivity contribution in [2.45, 2.75) is 13.2 Å². The van der Waals surface area contributed by atoms with Gasteiger partial charge in [-0.3, -0.25) is 0 Å². The Kier molecular flexibility index (Phi) is 13.6. The molecule has 2 N–H and O–H groups in total. The van der Waals surface area contributed by atoms with Crippen LogP contribution in [0.4, 0.5) is 0 Å². The number of likely N-dealkylation sites (N-methyl/N-ethyl adjacent to an activating group) is 2. The van der Waals surface area contributed by atoms with Gasteiger partial charge in [-0.05, 0) is 35.1 Å². The summed E-state index contributed by atoms with van der Waals surface area (Å²) >= 11 is 0. The van der Waals surface area contributed by atoms with E-state index >= 15 is 0 Å². The van der Waals surface area contributed by atoms with E-state index in [1.807, 2.05) is 38.0 Å². The van der Waals surface area contributed by atoms with Crippen molar-refractivity contribution in [3.63, 3.8) is 0 Å². The fourth-order valence-corrected chi connectivity index (χ4v) is 0.606. The molecule has 0 saturated heterocycles. The first-order chi connectivity index (χ1) is 6.90. The Labute approximate surface area is 93.3 Å². The molecule has 0 aliphatic carbocycles. The van der Waals surface area contributed by atoms with Crippen LogP contribution in [-0.4, -0.2) is 80.8 Å². The number of aliphatic hydroxyl groups excluding tert-OH is 2. The highest BCUT2D eigenvalue weighted by Gasteiger charge is 1.93. The molecule has 94 valence electrons. The zero-order valence-corrected chi connectivity index (χ0v) is 10.6. The Balaban J connectivity index is 0. The van der Waals surface area contributed by atoms with Gasteiger partial charge in [-0.25, -0.2) is 0 Å². The van der Waals surface area contributed by atoms with Crippen molar-refractivity contribution in [3.05, 3.63) is 0 Å². The van der Waals surface area contributed by atoms with Crippen LogP contribution < -0.4 is 0 Å². The van der Waals surface area contributed by atoms with Crippen molar-refractivity contribution >= 4 is 0 Å². The topological polar surface area (TPSA) is 56.2 Å². The van der Waals surface area contributed by atoms with Crippen LogP contribution >= 0.6 is 0 Å². The van der Waals surface area contributed by atoms with Gasteiger partial charge in [0.25, 0.3) is 0 Å². The first kappa shape index (κ1) is 17.2. The second-order valence-corrected chi connectivity index (χ2v) is 3.80. The second kappa shape index (κ2) is 11.9. The third-order valence-electron chi connectivity index (χ3n) is 1.44. The Bertz CT molecular complexity index is 111. The summed E-state index contributed by atoms with van der Waals surface area (Å²) in [6.45, 7) is 4.07. The summed E-state index contributed by atoms with van der Waals surface area (Å²) in [4.78, 5) is 3.93. The lowest BCUT2D eigenvalue weighted by atomic mass is 10.6. The van der Waals surface area contributed by atoms with Gasteiger partial charge in [0.1, 0.15) is 0 Å². The van der Waals surface area contributed by atoms with Gasteiger partial charge in [0, 0.05) is 13.1 Å². The fourth-order valence-electron chi connectivity index (χ4n) is 0.606. The molecule has 0 aliphatic rings. The van der Waals surface area contributed by atoms with Crippen LogP contribution in [0.5, 0.6) is 0 Å². The molecule has 1 atom stereocenters. The molecule has 5 heteroatoms. The summed E-state index contributed by atoms with van der Waals surface area (Å²) in [5.41, 5.74) is 0. The van der Waals surface area contributed by atoms with E-state index < -0.39 is 6.29 Å². The third kappa shape index (κ3) is 24.8. The van der Waals surface area contributed by atoms with Gasteiger partial charge in [0.2, 0.25) is 0 Å². The molecule has 0 heterocycles. The lowest BCUT2D eigenvalue weighted by molar-refractivity contribution is -0.0874. The Hall–Kier alpha value is -0.200. The number of nitrogens with zero attached hydrogens (tertiary/aromatic N) is 2. The molecule has 0 aromatic rings. The van der Waals surface area contributed by atoms with E-state index in [1.54, 1.807) is 6.92 Å². The van der Waals surface area contributed by atoms with Gasteiger partial charge in [-0.15, -0.1) is 0 Å². The zero-order chi connectivity index (χ0) is 12.3. The van der Waals surface area contributed by atoms with Crippen molar-refractivity contribution in [1.82, 2.24) is 9.80 Å². The molecular weight excluding hydrogens is 196 g/mol. The maximum Gasteiger partial charge on any atom is 0.151 e. The minimum atomic E-state index is -0.634. The average Bonchev–Trinajstić information content (AvgIpc) is 2.03. The standard InChI is InChI=1S/C6H15NO2.C4H11NO/c1-6(8)9-5-4-7(2)3;1-5(2)3-4-6/h6,8H,4-5H2,1-3H3;6H,3-4H2,1-2H3. The first-order valence-electron chi connectivity index (χ1n) is 5.10. The number of rotatable bonds is 6. The molecule has 0 aliphatic heterocycles. The predicted molar refractivity (Wildman–Crippen MR) is 61.8 cm³/mol. The van der Waals surface area contributed by atoms with Crippen molar-refractivity contribution in [2.75, 3.05) is 54.5 Å². The minimum Gasteiger partial charge on any atom is -0.395 e. The Morgan fingerprint density at radius 2 is 1.53 bits per heavy atom. The van der Waals surface area contributed by atoms with Crippen LogP contribution in [0, 0.1) is 0 Å². The van der Waals surface area contributed by atoms with Crippen molar-refractivity contribution < 1.29 is 14.9 Å². The predicted octanol–water partition coefficient (Wildman–Crippen LogP) is -0.557. The van der Waals surface area contributed by atoms with E-state index in [9.17, 15) is 0 Å². The largest absolute Gasteiger partial charge is 0.395 e. The molecule has 0 radical (unpaired) electrons. The van der Waals surface area contributed by atoms with Gasteiger partial charge < -0.3 is 24.7 Å². The van der Waals surface area contributed by atoms with E-state index in [0.717, 1.165) is 13.1 Å². The van der Waals surface area contributed by atoms with E-state index in [-0.39, 0.29) is 6.61 Å². The van der Waals surface area contributed by atoms with Crippen LogP contribution in [0.3, 0.4) is 0 Å². The lowest BCUT2D eigenvalue weighted by Crippen LogP contribution is -2.20. The maximum absolute atomic E-state index is 8.62. The monoisotopic (exact) mass is 222 g/mol. The molecule has 1 unspecified atom stereocenters. The van der Waals surface area contributed by atoms with Crippen molar-refractivity contribution in [2.24, 2.45) is 0 Å². The van der Waals surface area contributed by atoms with Crippen LogP contribution in [0.1, 0.15) is 6.92 Å². The average molecular weight is 222 g/mol. The van der Waals surface area contributed by atoms with E-state index in [4.69, 9.17) is 14.9 Å². The number of ether oxygens (including phenoxy) is 1. The zero-order valence-electron chi connectivity index (χ0n) is 10.6. The summed E-state index contributed by atoms with van der Waals surface area (Å²) in [5.74, 6) is 0. The van der Waals surface area contributed by atoms with Crippen LogP contribution in [-0.2, 0) is 4.74 Å². The second-order valence-electron chi connectivity index (χ2n) is 3.80.